The lowest BCUT2D eigenvalue weighted by Crippen LogP contribution is -2.13. The minimum Gasteiger partial charge on any atom is -0.322 e. The van der Waals surface area contributed by atoms with E-state index in [2.05, 4.69) is 21.2 Å². The van der Waals surface area contributed by atoms with Crippen LogP contribution in [0, 0.1) is 17.0 Å². The van der Waals surface area contributed by atoms with Gasteiger partial charge >= 0.3 is 0 Å². The van der Waals surface area contributed by atoms with E-state index in [1.165, 1.54) is 18.2 Å². The lowest BCUT2D eigenvalue weighted by molar-refractivity contribution is -0.385. The van der Waals surface area contributed by atoms with Crippen molar-refractivity contribution in [3.63, 3.8) is 0 Å². The number of nitrogens with one attached hydrogen (secondary N) is 1. The molecule has 0 saturated carbocycles. The van der Waals surface area contributed by atoms with Crippen molar-refractivity contribution < 1.29 is 9.72 Å². The molecule has 0 aliphatic carbocycles. The lowest BCUT2D eigenvalue weighted by Gasteiger charge is -2.09. The van der Waals surface area contributed by atoms with Crippen molar-refractivity contribution in [1.29, 1.82) is 0 Å². The Kier molecular flexibility index (Phi) is 4.14. The number of rotatable bonds is 3. The summed E-state index contributed by atoms with van der Waals surface area (Å²) in [5, 5.41) is 13.6. The molecule has 0 aliphatic heterocycles. The topological polar surface area (TPSA) is 72.2 Å². The van der Waals surface area contributed by atoms with Crippen molar-refractivity contribution in [3.05, 3.63) is 68.2 Å². The van der Waals surface area contributed by atoms with Crippen molar-refractivity contribution >= 4 is 33.2 Å². The Hall–Kier alpha value is -2.21. The second-order valence-corrected chi connectivity index (χ2v) is 4.96. The second kappa shape index (κ2) is 5.83. The first-order valence-corrected chi connectivity index (χ1v) is 6.60. The van der Waals surface area contributed by atoms with E-state index in [4.69, 9.17) is 0 Å². The van der Waals surface area contributed by atoms with Gasteiger partial charge in [-0.15, -0.1) is 0 Å². The quantitative estimate of drug-likeness (QED) is 0.683. The summed E-state index contributed by atoms with van der Waals surface area (Å²) in [7, 11) is 0. The molecule has 0 fully saturated rings. The van der Waals surface area contributed by atoms with Gasteiger partial charge < -0.3 is 5.32 Å². The zero-order valence-corrected chi connectivity index (χ0v) is 12.2. The summed E-state index contributed by atoms with van der Waals surface area (Å²) >= 11 is 3.11. The second-order valence-electron chi connectivity index (χ2n) is 4.16. The van der Waals surface area contributed by atoms with Gasteiger partial charge in [0.1, 0.15) is 4.47 Å². The molecule has 0 spiro atoms. The maximum atomic E-state index is 12.2. The molecule has 0 unspecified atom stereocenters. The number of benzene rings is 2. The fourth-order valence-electron chi connectivity index (χ4n) is 1.74. The molecular formula is C14H11BrN2O3. The molecule has 0 bridgehead atoms. The number of anilines is 1. The van der Waals surface area contributed by atoms with Crippen molar-refractivity contribution in [1.82, 2.24) is 0 Å². The number of carbonyl (C=O) groups excluding carboxylic acids is 1. The third kappa shape index (κ3) is 2.85. The van der Waals surface area contributed by atoms with Gasteiger partial charge in [0.15, 0.2) is 0 Å². The standard InChI is InChI=1S/C14H11BrN2O3/c1-9-5-2-3-7-11(9)16-14(18)10-6-4-8-12(13(10)15)17(19)20/h2-8H,1H3,(H,16,18). The number of nitro benzene ring substituents is 1. The van der Waals surface area contributed by atoms with E-state index in [-0.39, 0.29) is 15.7 Å². The number of carbonyl (C=O) groups is 1. The van der Waals surface area contributed by atoms with Gasteiger partial charge in [-0.2, -0.15) is 0 Å². The van der Waals surface area contributed by atoms with Crippen LogP contribution in [0.2, 0.25) is 0 Å². The van der Waals surface area contributed by atoms with Crippen LogP contribution >= 0.6 is 15.9 Å². The molecule has 5 nitrogen and oxygen atoms in total. The molecule has 0 radical (unpaired) electrons. The highest BCUT2D eigenvalue weighted by atomic mass is 79.9. The third-order valence-electron chi connectivity index (χ3n) is 2.81. The van der Waals surface area contributed by atoms with Gasteiger partial charge in [-0.3, -0.25) is 14.9 Å². The molecule has 0 aromatic heterocycles. The van der Waals surface area contributed by atoms with Gasteiger partial charge in [-0.05, 0) is 40.5 Å². The summed E-state index contributed by atoms with van der Waals surface area (Å²) in [5.74, 6) is -0.394. The number of hydrogen-bond donors (Lipinski definition) is 1. The van der Waals surface area contributed by atoms with Crippen LogP contribution in [0.15, 0.2) is 46.9 Å². The molecule has 0 heterocycles. The van der Waals surface area contributed by atoms with Gasteiger partial charge in [-0.1, -0.05) is 24.3 Å². The average molecular weight is 335 g/mol. The summed E-state index contributed by atoms with van der Waals surface area (Å²) in [6.45, 7) is 1.87. The van der Waals surface area contributed by atoms with Gasteiger partial charge in [0.05, 0.1) is 10.5 Å². The van der Waals surface area contributed by atoms with E-state index in [1.807, 2.05) is 25.1 Å². The van der Waals surface area contributed by atoms with Crippen LogP contribution in [0.25, 0.3) is 0 Å². The first-order chi connectivity index (χ1) is 9.50. The Morgan fingerprint density at radius 3 is 2.55 bits per heavy atom. The Bertz CT molecular complexity index is 686. The van der Waals surface area contributed by atoms with Crippen molar-refractivity contribution in [3.8, 4) is 0 Å². The first kappa shape index (κ1) is 14.2. The molecule has 0 aliphatic rings. The number of halogens is 1. The van der Waals surface area contributed by atoms with Crippen LogP contribution in [-0.4, -0.2) is 10.8 Å². The zero-order valence-electron chi connectivity index (χ0n) is 10.6. The van der Waals surface area contributed by atoms with Crippen LogP contribution in [-0.2, 0) is 0 Å². The molecule has 0 atom stereocenters. The van der Waals surface area contributed by atoms with E-state index in [1.54, 1.807) is 6.07 Å². The fraction of sp³-hybridized carbons (Fsp3) is 0.0714. The van der Waals surface area contributed by atoms with Crippen LogP contribution < -0.4 is 5.32 Å². The predicted molar refractivity (Wildman–Crippen MR) is 79.9 cm³/mol. The van der Waals surface area contributed by atoms with E-state index in [9.17, 15) is 14.9 Å². The van der Waals surface area contributed by atoms with Crippen LogP contribution in [0.1, 0.15) is 15.9 Å². The summed E-state index contributed by atoms with van der Waals surface area (Å²) in [5.41, 5.74) is 1.68. The number of aryl methyl sites for hydroxylation is 1. The van der Waals surface area contributed by atoms with Crippen LogP contribution in [0.4, 0.5) is 11.4 Å². The minimum atomic E-state index is -0.533. The molecule has 2 aromatic carbocycles. The molecule has 20 heavy (non-hydrogen) atoms. The first-order valence-electron chi connectivity index (χ1n) is 5.80. The van der Waals surface area contributed by atoms with E-state index < -0.39 is 10.8 Å². The SMILES string of the molecule is Cc1ccccc1NC(=O)c1cccc([N+](=O)[O-])c1Br. The summed E-state index contributed by atoms with van der Waals surface area (Å²) in [4.78, 5) is 22.5. The molecule has 1 amide bonds. The largest absolute Gasteiger partial charge is 0.322 e. The molecule has 102 valence electrons. The van der Waals surface area contributed by atoms with Crippen LogP contribution in [0.5, 0.6) is 0 Å². The number of nitrogens with zero attached hydrogens (tertiary/aromatic N) is 1. The molecule has 2 rings (SSSR count). The molecule has 1 N–H and O–H groups in total. The highest BCUT2D eigenvalue weighted by molar-refractivity contribution is 9.10. The molecule has 0 saturated heterocycles. The Morgan fingerprint density at radius 1 is 1.20 bits per heavy atom. The average Bonchev–Trinajstić information content (AvgIpc) is 2.41. The zero-order chi connectivity index (χ0) is 14.7. The summed E-state index contributed by atoms with van der Waals surface area (Å²) in [6.07, 6.45) is 0. The normalized spacial score (nSPS) is 10.1. The predicted octanol–water partition coefficient (Wildman–Crippen LogP) is 3.92. The van der Waals surface area contributed by atoms with E-state index in [0.717, 1.165) is 5.56 Å². The van der Waals surface area contributed by atoms with Crippen molar-refractivity contribution in [2.24, 2.45) is 0 Å². The van der Waals surface area contributed by atoms with E-state index >= 15 is 0 Å². The number of para-hydroxylation sites is 1. The van der Waals surface area contributed by atoms with E-state index in [0.29, 0.717) is 5.69 Å². The van der Waals surface area contributed by atoms with Crippen molar-refractivity contribution in [2.45, 2.75) is 6.92 Å². The maximum absolute atomic E-state index is 12.2. The number of amides is 1. The Morgan fingerprint density at radius 2 is 1.90 bits per heavy atom. The van der Waals surface area contributed by atoms with Gasteiger partial charge in [0.2, 0.25) is 0 Å². The monoisotopic (exact) mass is 334 g/mol. The van der Waals surface area contributed by atoms with Crippen LogP contribution in [0.3, 0.4) is 0 Å². The third-order valence-corrected chi connectivity index (χ3v) is 3.65. The van der Waals surface area contributed by atoms with Gasteiger partial charge in [0.25, 0.3) is 11.6 Å². The fourth-order valence-corrected chi connectivity index (χ4v) is 2.33. The number of nitro groups is 1. The highest BCUT2D eigenvalue weighted by Crippen LogP contribution is 2.29. The summed E-state index contributed by atoms with van der Waals surface area (Å²) in [6, 6.07) is 11.7. The number of hydrogen-bond acceptors (Lipinski definition) is 3. The smallest absolute Gasteiger partial charge is 0.284 e. The maximum Gasteiger partial charge on any atom is 0.284 e. The highest BCUT2D eigenvalue weighted by Gasteiger charge is 2.19. The Labute approximate surface area is 123 Å². The van der Waals surface area contributed by atoms with Gasteiger partial charge in [0, 0.05) is 11.8 Å². The Balaban J connectivity index is 2.33. The van der Waals surface area contributed by atoms with Gasteiger partial charge in [-0.25, -0.2) is 0 Å². The molecular weight excluding hydrogens is 324 g/mol. The minimum absolute atomic E-state index is 0.137. The summed E-state index contributed by atoms with van der Waals surface area (Å²) < 4.78 is 0.177. The molecule has 6 heteroatoms. The van der Waals surface area contributed by atoms with Crippen molar-refractivity contribution in [2.75, 3.05) is 5.32 Å². The lowest BCUT2D eigenvalue weighted by atomic mass is 10.1. The molecule has 2 aromatic rings.